The van der Waals surface area contributed by atoms with Crippen LogP contribution in [0, 0.1) is 12.1 Å². The molecule has 0 aliphatic heterocycles. The molecule has 0 saturated carbocycles. The minimum Gasteiger partial charge on any atom is -0.491 e. The number of furan rings is 1. The van der Waals surface area contributed by atoms with E-state index in [1.165, 1.54) is 17.7 Å². The average molecular weight is 1140 g/mol. The van der Waals surface area contributed by atoms with Gasteiger partial charge in [0, 0.05) is 40.7 Å². The Kier molecular flexibility index (Phi) is 11.7. The van der Waals surface area contributed by atoms with Crippen molar-refractivity contribution in [1.29, 1.82) is 0 Å². The largest absolute Gasteiger partial charge is 2.00 e. The summed E-state index contributed by atoms with van der Waals surface area (Å²) in [7, 11) is 0. The van der Waals surface area contributed by atoms with Gasteiger partial charge in [0.15, 0.2) is 5.83 Å². The van der Waals surface area contributed by atoms with Gasteiger partial charge in [-0.2, -0.15) is 8.78 Å². The first-order chi connectivity index (χ1) is 34.7. The van der Waals surface area contributed by atoms with Crippen LogP contribution in [0.1, 0.15) is 58.2 Å². The molecule has 12 aromatic rings. The number of nitrogens with zero attached hydrogens (tertiary/aromatic N) is 4. The van der Waals surface area contributed by atoms with Gasteiger partial charge in [-0.1, -0.05) is 167 Å². The molecular formula is C64H47F3N4OPt. The number of benzene rings is 8. The fourth-order valence-corrected chi connectivity index (χ4v) is 10.2. The van der Waals surface area contributed by atoms with Crippen LogP contribution in [0.15, 0.2) is 187 Å². The Bertz CT molecular complexity index is 4150. The van der Waals surface area contributed by atoms with E-state index in [2.05, 4.69) is 172 Å². The summed E-state index contributed by atoms with van der Waals surface area (Å²) in [6.07, 6.45) is 3.36. The molecule has 0 aliphatic rings. The van der Waals surface area contributed by atoms with E-state index >= 15 is 0 Å². The predicted molar refractivity (Wildman–Crippen MR) is 288 cm³/mol. The van der Waals surface area contributed by atoms with Gasteiger partial charge in [0.25, 0.3) is 0 Å². The molecule has 360 valence electrons. The van der Waals surface area contributed by atoms with Gasteiger partial charge in [0.05, 0.1) is 11.4 Å². The molecule has 0 atom stereocenters. The second-order valence-electron chi connectivity index (χ2n) is 20.5. The first-order valence-corrected chi connectivity index (χ1v) is 24.0. The van der Waals surface area contributed by atoms with Gasteiger partial charge < -0.3 is 13.6 Å². The van der Waals surface area contributed by atoms with Crippen LogP contribution >= 0.6 is 0 Å². The summed E-state index contributed by atoms with van der Waals surface area (Å²) in [5.41, 5.74) is 12.3. The van der Waals surface area contributed by atoms with Crippen molar-refractivity contribution < 1.29 is 38.7 Å². The molecule has 73 heavy (non-hydrogen) atoms. The van der Waals surface area contributed by atoms with Crippen molar-refractivity contribution in [3.05, 3.63) is 211 Å². The summed E-state index contributed by atoms with van der Waals surface area (Å²) >= 11 is 0. The van der Waals surface area contributed by atoms with Crippen LogP contribution in [0.5, 0.6) is 0 Å². The van der Waals surface area contributed by atoms with Crippen molar-refractivity contribution in [1.82, 2.24) is 19.1 Å². The topological polar surface area (TPSA) is 48.8 Å². The van der Waals surface area contributed by atoms with Crippen LogP contribution in [0.25, 0.3) is 117 Å². The minimum atomic E-state index is -2.35. The number of fused-ring (bicyclic) bond motifs is 8. The van der Waals surface area contributed by atoms with E-state index in [1.807, 2.05) is 42.9 Å². The molecule has 0 unspecified atom stereocenters. The first-order valence-electron chi connectivity index (χ1n) is 24.0. The van der Waals surface area contributed by atoms with E-state index in [0.717, 1.165) is 93.8 Å². The Morgan fingerprint density at radius 2 is 1.29 bits per heavy atom. The van der Waals surface area contributed by atoms with Gasteiger partial charge in [0.1, 0.15) is 11.4 Å². The molecular weight excluding hydrogens is 1090 g/mol. The molecule has 9 heteroatoms. The molecule has 0 aliphatic carbocycles. The van der Waals surface area contributed by atoms with Crippen LogP contribution in [0.2, 0.25) is 0 Å². The van der Waals surface area contributed by atoms with E-state index in [0.29, 0.717) is 22.6 Å². The number of hydrogen-bond donors (Lipinski definition) is 0. The van der Waals surface area contributed by atoms with E-state index in [1.54, 1.807) is 12.1 Å². The molecule has 0 saturated heterocycles. The zero-order chi connectivity index (χ0) is 49.6. The Balaban J connectivity index is 0.00000574. The normalized spacial score (nSPS) is 12.1. The number of aromatic nitrogens is 4. The third kappa shape index (κ3) is 8.18. The van der Waals surface area contributed by atoms with E-state index in [4.69, 9.17) is 14.4 Å². The molecule has 0 amide bonds. The van der Waals surface area contributed by atoms with Gasteiger partial charge >= 0.3 is 27.1 Å². The summed E-state index contributed by atoms with van der Waals surface area (Å²) in [5.74, 6) is -0.0529. The third-order valence-corrected chi connectivity index (χ3v) is 13.9. The number of imidazole rings is 1. The van der Waals surface area contributed by atoms with Crippen LogP contribution in [0.3, 0.4) is 0 Å². The second-order valence-corrected chi connectivity index (χ2v) is 20.5. The van der Waals surface area contributed by atoms with Gasteiger partial charge in [-0.15, -0.1) is 35.2 Å². The van der Waals surface area contributed by atoms with Crippen LogP contribution < -0.4 is 0 Å². The summed E-state index contributed by atoms with van der Waals surface area (Å²) < 4.78 is 51.9. The van der Waals surface area contributed by atoms with E-state index in [-0.39, 0.29) is 37.5 Å². The fourth-order valence-electron chi connectivity index (χ4n) is 10.2. The van der Waals surface area contributed by atoms with Crippen molar-refractivity contribution in [3.63, 3.8) is 0 Å². The van der Waals surface area contributed by atoms with E-state index < -0.39 is 11.9 Å². The third-order valence-electron chi connectivity index (χ3n) is 13.9. The van der Waals surface area contributed by atoms with Gasteiger partial charge in [-0.25, -0.2) is 9.37 Å². The maximum atomic E-state index is 14.2. The molecule has 4 aromatic heterocycles. The van der Waals surface area contributed by atoms with Crippen molar-refractivity contribution in [2.24, 2.45) is 0 Å². The number of hydrogen-bond acceptors (Lipinski definition) is 3. The van der Waals surface area contributed by atoms with Crippen molar-refractivity contribution >= 4 is 60.3 Å². The molecule has 0 N–H and O–H groups in total. The number of rotatable bonds is 7. The first kappa shape index (κ1) is 47.5. The zero-order valence-corrected chi connectivity index (χ0v) is 43.2. The van der Waals surface area contributed by atoms with Gasteiger partial charge in [0.2, 0.25) is 0 Å². The standard InChI is InChI=1S/C64H47F3N4O.Pt/c1-63(2,3)44-29-30-68-57(36-44)71-53-18-11-10-15-46(53)47-26-24-43(34-55(47)71)45-16-12-17-48-50(45)37-51(60-58(48)49-27-23-42(35-56(49)72-60)39-19-21-40(22-20-39)59(65)61(66)67)62-69-31-32-70(62)54-28-25-41(33-52(54)64(4,5)6)38-13-8-7-9-14-38;/h7-33,35-36H,1-6H3;/q-2;+2. The molecule has 0 fully saturated rings. The zero-order valence-electron chi connectivity index (χ0n) is 40.9. The summed E-state index contributed by atoms with van der Waals surface area (Å²) in [6.45, 7) is 13.3. The van der Waals surface area contributed by atoms with Crippen LogP contribution in [0.4, 0.5) is 13.2 Å². The summed E-state index contributed by atoms with van der Waals surface area (Å²) in [6, 6.07) is 60.1. The number of halogens is 3. The Morgan fingerprint density at radius 1 is 0.589 bits per heavy atom. The van der Waals surface area contributed by atoms with Gasteiger partial charge in [-0.05, 0) is 102 Å². The summed E-state index contributed by atoms with van der Waals surface area (Å²) in [5, 5.41) is 5.76. The molecule has 0 spiro atoms. The quantitative estimate of drug-likeness (QED) is 0.149. The maximum absolute atomic E-state index is 14.2. The SMILES string of the molecule is CC(C)(C)c1ccnc(-n2c3[c-]c(-c4cccc5c4[c-]c(-c4nccn4-c4ccc(-c6ccccc6)cc4C(C)(C)C)c4oc6cc(-c7ccc(C(F)=C(F)F)cc7)ccc6c45)ccc3c3ccccc32)c1.[Pt+2]. The second kappa shape index (κ2) is 18.0. The predicted octanol–water partition coefficient (Wildman–Crippen LogP) is 17.8. The number of pyridine rings is 1. The molecule has 0 bridgehead atoms. The van der Waals surface area contributed by atoms with Gasteiger partial charge in [-0.3, -0.25) is 4.98 Å². The average Bonchev–Trinajstić information content (AvgIpc) is 4.12. The molecule has 4 heterocycles. The Morgan fingerprint density at radius 3 is 2.05 bits per heavy atom. The van der Waals surface area contributed by atoms with Crippen molar-refractivity contribution in [2.45, 2.75) is 52.4 Å². The van der Waals surface area contributed by atoms with Crippen molar-refractivity contribution in [2.75, 3.05) is 0 Å². The number of para-hydroxylation sites is 1. The minimum absolute atomic E-state index is 0. The Hall–Kier alpha value is -7.80. The molecule has 8 aromatic carbocycles. The fraction of sp³-hybridized carbons (Fsp3) is 0.125. The van der Waals surface area contributed by atoms with Crippen LogP contribution in [-0.4, -0.2) is 19.1 Å². The molecule has 0 radical (unpaired) electrons. The molecule has 12 rings (SSSR count). The maximum Gasteiger partial charge on any atom is 2.00 e. The monoisotopic (exact) mass is 1140 g/mol. The smallest absolute Gasteiger partial charge is 0.491 e. The molecule has 5 nitrogen and oxygen atoms in total. The van der Waals surface area contributed by atoms with Crippen molar-refractivity contribution in [3.8, 4) is 56.3 Å². The Labute approximate surface area is 435 Å². The van der Waals surface area contributed by atoms with E-state index in [9.17, 15) is 13.2 Å². The summed E-state index contributed by atoms with van der Waals surface area (Å²) in [4.78, 5) is 10.0. The van der Waals surface area contributed by atoms with Crippen LogP contribution in [-0.2, 0) is 31.9 Å².